The average Bonchev–Trinajstić information content (AvgIpc) is 3.36. The Morgan fingerprint density at radius 3 is 3.16 bits per heavy atom. The van der Waals surface area contributed by atoms with E-state index < -0.39 is 0 Å². The first-order valence-corrected chi connectivity index (χ1v) is 8.34. The molecule has 0 unspecified atom stereocenters. The molecule has 1 atom stereocenters. The van der Waals surface area contributed by atoms with Crippen molar-refractivity contribution in [2.45, 2.75) is 25.4 Å². The summed E-state index contributed by atoms with van der Waals surface area (Å²) in [6.07, 6.45) is 8.78. The maximum atomic E-state index is 12.8. The molecular weight excluding hydrogens is 320 g/mol. The van der Waals surface area contributed by atoms with E-state index >= 15 is 0 Å². The van der Waals surface area contributed by atoms with E-state index in [0.29, 0.717) is 11.5 Å². The van der Waals surface area contributed by atoms with Crippen LogP contribution in [-0.4, -0.2) is 66.7 Å². The Labute approximate surface area is 144 Å². The SMILES string of the molecule is CN(CC(=O)N1CCC[C@H]1Cn1cccn1)c1ncnc2nc[nH]c12. The number of aromatic amines is 1. The fraction of sp³-hybridized carbons (Fsp3) is 0.438. The van der Waals surface area contributed by atoms with Crippen molar-refractivity contribution in [2.24, 2.45) is 0 Å². The average molecular weight is 340 g/mol. The highest BCUT2D eigenvalue weighted by Crippen LogP contribution is 2.21. The van der Waals surface area contributed by atoms with Gasteiger partial charge in [-0.15, -0.1) is 0 Å². The molecule has 0 spiro atoms. The number of hydrogen-bond acceptors (Lipinski definition) is 6. The van der Waals surface area contributed by atoms with Gasteiger partial charge in [0.25, 0.3) is 0 Å². The topological polar surface area (TPSA) is 95.8 Å². The largest absolute Gasteiger partial charge is 0.348 e. The number of H-pyrrole nitrogens is 1. The molecule has 4 rings (SSSR count). The number of likely N-dealkylation sites (tertiary alicyclic amines) is 1. The van der Waals surface area contributed by atoms with E-state index in [2.05, 4.69) is 25.0 Å². The summed E-state index contributed by atoms with van der Waals surface area (Å²) < 4.78 is 1.89. The lowest BCUT2D eigenvalue weighted by atomic mass is 10.2. The van der Waals surface area contributed by atoms with E-state index in [9.17, 15) is 4.79 Å². The molecule has 1 fully saturated rings. The molecule has 1 N–H and O–H groups in total. The van der Waals surface area contributed by atoms with Crippen molar-refractivity contribution in [3.8, 4) is 0 Å². The van der Waals surface area contributed by atoms with Gasteiger partial charge in [0.1, 0.15) is 11.8 Å². The van der Waals surface area contributed by atoms with E-state index in [-0.39, 0.29) is 18.5 Å². The summed E-state index contributed by atoms with van der Waals surface area (Å²) in [6.45, 7) is 1.79. The van der Waals surface area contributed by atoms with Gasteiger partial charge in [-0.05, 0) is 18.9 Å². The Hall–Kier alpha value is -2.97. The lowest BCUT2D eigenvalue weighted by molar-refractivity contribution is -0.130. The maximum Gasteiger partial charge on any atom is 0.242 e. The number of hydrogen-bond donors (Lipinski definition) is 1. The fourth-order valence-corrected chi connectivity index (χ4v) is 3.39. The first-order chi connectivity index (χ1) is 12.2. The second-order valence-corrected chi connectivity index (χ2v) is 6.27. The predicted octanol–water partition coefficient (Wildman–Crippen LogP) is 0.677. The molecule has 0 radical (unpaired) electrons. The van der Waals surface area contributed by atoms with Crippen molar-refractivity contribution in [1.29, 1.82) is 0 Å². The summed E-state index contributed by atoms with van der Waals surface area (Å²) in [5, 5.41) is 4.25. The summed E-state index contributed by atoms with van der Waals surface area (Å²) in [7, 11) is 1.86. The standard InChI is InChI=1S/C16H20N8O/c1-22(16-14-15(18-10-17-14)19-11-20-16)9-13(25)24-7-2-4-12(24)8-23-6-3-5-21-23/h3,5-6,10-12H,2,4,7-9H2,1H3,(H,17,18,19,20)/t12-/m0/s1. The van der Waals surface area contributed by atoms with E-state index in [4.69, 9.17) is 0 Å². The van der Waals surface area contributed by atoms with Gasteiger partial charge >= 0.3 is 0 Å². The minimum atomic E-state index is 0.100. The number of rotatable bonds is 5. The summed E-state index contributed by atoms with van der Waals surface area (Å²) in [5.41, 5.74) is 1.34. The van der Waals surface area contributed by atoms with Crippen molar-refractivity contribution < 1.29 is 4.79 Å². The summed E-state index contributed by atoms with van der Waals surface area (Å²) in [4.78, 5) is 32.2. The molecule has 1 amide bonds. The van der Waals surface area contributed by atoms with Gasteiger partial charge in [-0.1, -0.05) is 0 Å². The van der Waals surface area contributed by atoms with Crippen LogP contribution in [0.4, 0.5) is 5.82 Å². The quantitative estimate of drug-likeness (QED) is 0.734. The van der Waals surface area contributed by atoms with Gasteiger partial charge in [-0.2, -0.15) is 5.10 Å². The number of carbonyl (C=O) groups is 1. The molecule has 1 aliphatic heterocycles. The number of anilines is 1. The Bertz CT molecular complexity index is 858. The molecule has 0 bridgehead atoms. The second-order valence-electron chi connectivity index (χ2n) is 6.27. The molecule has 3 aromatic heterocycles. The number of imidazole rings is 1. The molecule has 4 heterocycles. The molecule has 9 heteroatoms. The van der Waals surface area contributed by atoms with Gasteiger partial charge in [0.05, 0.1) is 25.5 Å². The lowest BCUT2D eigenvalue weighted by Crippen LogP contribution is -2.43. The van der Waals surface area contributed by atoms with Crippen LogP contribution in [0.1, 0.15) is 12.8 Å². The van der Waals surface area contributed by atoms with Crippen LogP contribution in [0.25, 0.3) is 11.2 Å². The van der Waals surface area contributed by atoms with E-state index in [0.717, 1.165) is 31.4 Å². The van der Waals surface area contributed by atoms with Crippen molar-refractivity contribution >= 4 is 22.9 Å². The number of carbonyl (C=O) groups excluding carboxylic acids is 1. The minimum Gasteiger partial charge on any atom is -0.348 e. The van der Waals surface area contributed by atoms with Gasteiger partial charge in [0, 0.05) is 26.0 Å². The Kier molecular flexibility index (Phi) is 4.04. The van der Waals surface area contributed by atoms with Crippen LogP contribution in [0, 0.1) is 0 Å². The number of amides is 1. The van der Waals surface area contributed by atoms with E-state index in [1.54, 1.807) is 12.5 Å². The first-order valence-electron chi connectivity index (χ1n) is 8.34. The molecule has 25 heavy (non-hydrogen) atoms. The molecule has 1 saturated heterocycles. The lowest BCUT2D eigenvalue weighted by Gasteiger charge is -2.27. The van der Waals surface area contributed by atoms with Crippen LogP contribution in [0.2, 0.25) is 0 Å². The third-order valence-corrected chi connectivity index (χ3v) is 4.59. The van der Waals surface area contributed by atoms with Gasteiger partial charge < -0.3 is 14.8 Å². The van der Waals surface area contributed by atoms with Crippen LogP contribution in [0.15, 0.2) is 31.1 Å². The first kappa shape index (κ1) is 15.6. The monoisotopic (exact) mass is 340 g/mol. The molecule has 1 aliphatic rings. The Morgan fingerprint density at radius 2 is 2.32 bits per heavy atom. The van der Waals surface area contributed by atoms with Crippen LogP contribution in [-0.2, 0) is 11.3 Å². The van der Waals surface area contributed by atoms with E-state index in [1.807, 2.05) is 33.8 Å². The highest BCUT2D eigenvalue weighted by atomic mass is 16.2. The highest BCUT2D eigenvalue weighted by molar-refractivity contribution is 5.87. The van der Waals surface area contributed by atoms with Gasteiger partial charge in [-0.25, -0.2) is 15.0 Å². The van der Waals surface area contributed by atoms with E-state index in [1.165, 1.54) is 6.33 Å². The number of fused-ring (bicyclic) bond motifs is 1. The Morgan fingerprint density at radius 1 is 1.40 bits per heavy atom. The number of aromatic nitrogens is 6. The fourth-order valence-electron chi connectivity index (χ4n) is 3.39. The van der Waals surface area contributed by atoms with Crippen LogP contribution < -0.4 is 4.90 Å². The zero-order valence-corrected chi connectivity index (χ0v) is 14.0. The highest BCUT2D eigenvalue weighted by Gasteiger charge is 2.30. The maximum absolute atomic E-state index is 12.8. The zero-order valence-electron chi connectivity index (χ0n) is 14.0. The van der Waals surface area contributed by atoms with Gasteiger partial charge in [-0.3, -0.25) is 9.48 Å². The van der Waals surface area contributed by atoms with Crippen molar-refractivity contribution in [3.63, 3.8) is 0 Å². The van der Waals surface area contributed by atoms with Crippen LogP contribution >= 0.6 is 0 Å². The predicted molar refractivity (Wildman–Crippen MR) is 91.9 cm³/mol. The molecule has 130 valence electrons. The number of likely N-dealkylation sites (N-methyl/N-ethyl adjacent to an activating group) is 1. The normalized spacial score (nSPS) is 17.3. The third-order valence-electron chi connectivity index (χ3n) is 4.59. The second kappa shape index (κ2) is 6.50. The summed E-state index contributed by atoms with van der Waals surface area (Å²) >= 11 is 0. The van der Waals surface area contributed by atoms with Crippen LogP contribution in [0.3, 0.4) is 0 Å². The minimum absolute atomic E-state index is 0.100. The number of nitrogens with zero attached hydrogens (tertiary/aromatic N) is 7. The molecule has 0 saturated carbocycles. The van der Waals surface area contributed by atoms with Gasteiger partial charge in [0.15, 0.2) is 11.5 Å². The van der Waals surface area contributed by atoms with Crippen molar-refractivity contribution in [2.75, 3.05) is 25.0 Å². The molecule has 9 nitrogen and oxygen atoms in total. The zero-order chi connectivity index (χ0) is 17.2. The third kappa shape index (κ3) is 3.04. The molecule has 0 aliphatic carbocycles. The van der Waals surface area contributed by atoms with Gasteiger partial charge in [0.2, 0.25) is 5.91 Å². The smallest absolute Gasteiger partial charge is 0.242 e. The van der Waals surface area contributed by atoms with Crippen molar-refractivity contribution in [1.82, 2.24) is 34.6 Å². The Balaban J connectivity index is 1.46. The molecule has 3 aromatic rings. The summed E-state index contributed by atoms with van der Waals surface area (Å²) in [6, 6.07) is 2.10. The van der Waals surface area contributed by atoms with Crippen molar-refractivity contribution in [3.05, 3.63) is 31.1 Å². The van der Waals surface area contributed by atoms with Crippen LogP contribution in [0.5, 0.6) is 0 Å². The number of nitrogens with one attached hydrogen (secondary N) is 1. The molecular formula is C16H20N8O. The molecule has 0 aromatic carbocycles. The summed E-state index contributed by atoms with van der Waals surface area (Å²) in [5.74, 6) is 0.780.